The molecule has 0 saturated heterocycles. The fraction of sp³-hybridized carbons (Fsp3) is 0.188. The predicted octanol–water partition coefficient (Wildman–Crippen LogP) is 3.28. The molecule has 3 rings (SSSR count). The van der Waals surface area contributed by atoms with Crippen LogP contribution in [0.3, 0.4) is 0 Å². The molecule has 108 valence electrons. The quantitative estimate of drug-likeness (QED) is 0.820. The largest absolute Gasteiger partial charge is 0.493 e. The fourth-order valence-electron chi connectivity index (χ4n) is 2.42. The Morgan fingerprint density at radius 3 is 2.90 bits per heavy atom. The molecule has 5 heteroatoms. The van der Waals surface area contributed by atoms with Gasteiger partial charge in [0.15, 0.2) is 0 Å². The zero-order valence-corrected chi connectivity index (χ0v) is 12.9. The summed E-state index contributed by atoms with van der Waals surface area (Å²) in [5.41, 5.74) is 7.94. The number of carbonyl (C=O) groups excluding carboxylic acids is 1. The Bertz CT molecular complexity index is 688. The van der Waals surface area contributed by atoms with E-state index in [1.54, 1.807) is 18.2 Å². The van der Waals surface area contributed by atoms with E-state index in [1.807, 2.05) is 24.3 Å². The van der Waals surface area contributed by atoms with Crippen molar-refractivity contribution >= 4 is 27.5 Å². The lowest BCUT2D eigenvalue weighted by Crippen LogP contribution is -2.32. The smallest absolute Gasteiger partial charge is 0.251 e. The standard InChI is InChI=1S/C16H15BrN2O2/c17-12-6-5-10(9-13(12)18)16(20)19-14-7-8-21-15-4-2-1-3-11(14)15/h1-6,9,14H,7-8,18H2,(H,19,20). The van der Waals surface area contributed by atoms with Gasteiger partial charge in [-0.05, 0) is 40.2 Å². The predicted molar refractivity (Wildman–Crippen MR) is 85.3 cm³/mol. The van der Waals surface area contributed by atoms with Crippen molar-refractivity contribution in [3.05, 3.63) is 58.1 Å². The van der Waals surface area contributed by atoms with Gasteiger partial charge in [0, 0.05) is 27.7 Å². The number of halogens is 1. The van der Waals surface area contributed by atoms with Crippen LogP contribution in [-0.2, 0) is 0 Å². The minimum absolute atomic E-state index is 0.0349. The SMILES string of the molecule is Nc1cc(C(=O)NC2CCOc3ccccc32)ccc1Br. The maximum absolute atomic E-state index is 12.4. The minimum Gasteiger partial charge on any atom is -0.493 e. The number of ether oxygens (including phenoxy) is 1. The Morgan fingerprint density at radius 1 is 1.29 bits per heavy atom. The third-order valence-electron chi connectivity index (χ3n) is 3.52. The molecular formula is C16H15BrN2O2. The van der Waals surface area contributed by atoms with Gasteiger partial charge in [-0.2, -0.15) is 0 Å². The summed E-state index contributed by atoms with van der Waals surface area (Å²) in [4.78, 5) is 12.4. The monoisotopic (exact) mass is 346 g/mol. The van der Waals surface area contributed by atoms with E-state index in [2.05, 4.69) is 21.2 Å². The molecule has 4 nitrogen and oxygen atoms in total. The molecule has 1 aliphatic heterocycles. The second kappa shape index (κ2) is 5.77. The number of rotatable bonds is 2. The first-order valence-electron chi connectivity index (χ1n) is 6.73. The number of anilines is 1. The van der Waals surface area contributed by atoms with Crippen LogP contribution < -0.4 is 15.8 Å². The van der Waals surface area contributed by atoms with Crippen molar-refractivity contribution in [3.8, 4) is 5.75 Å². The number of benzene rings is 2. The number of nitrogens with two attached hydrogens (primary N) is 1. The van der Waals surface area contributed by atoms with E-state index in [4.69, 9.17) is 10.5 Å². The summed E-state index contributed by atoms with van der Waals surface area (Å²) < 4.78 is 6.39. The van der Waals surface area contributed by atoms with Crippen molar-refractivity contribution < 1.29 is 9.53 Å². The van der Waals surface area contributed by atoms with Crippen LogP contribution in [0.5, 0.6) is 5.75 Å². The van der Waals surface area contributed by atoms with Crippen LogP contribution in [0.4, 0.5) is 5.69 Å². The van der Waals surface area contributed by atoms with Crippen LogP contribution in [0, 0.1) is 0 Å². The molecule has 0 saturated carbocycles. The molecule has 0 aliphatic carbocycles. The summed E-state index contributed by atoms with van der Waals surface area (Å²) >= 11 is 3.33. The number of nitrogens with one attached hydrogen (secondary N) is 1. The molecule has 1 unspecified atom stereocenters. The van der Waals surface area contributed by atoms with E-state index in [-0.39, 0.29) is 11.9 Å². The normalized spacial score (nSPS) is 16.7. The number of carbonyl (C=O) groups is 1. The number of fused-ring (bicyclic) bond motifs is 1. The molecule has 2 aromatic rings. The molecule has 1 amide bonds. The molecule has 0 bridgehead atoms. The van der Waals surface area contributed by atoms with Crippen molar-refractivity contribution in [2.75, 3.05) is 12.3 Å². The van der Waals surface area contributed by atoms with E-state index in [0.717, 1.165) is 22.2 Å². The maximum atomic E-state index is 12.4. The average Bonchev–Trinajstić information content (AvgIpc) is 2.50. The summed E-state index contributed by atoms with van der Waals surface area (Å²) in [7, 11) is 0. The highest BCUT2D eigenvalue weighted by molar-refractivity contribution is 9.10. The Balaban J connectivity index is 1.81. The van der Waals surface area contributed by atoms with Gasteiger partial charge in [-0.25, -0.2) is 0 Å². The topological polar surface area (TPSA) is 64.4 Å². The third-order valence-corrected chi connectivity index (χ3v) is 4.24. The molecule has 1 aliphatic rings. The lowest BCUT2D eigenvalue weighted by molar-refractivity contribution is 0.0925. The van der Waals surface area contributed by atoms with Crippen LogP contribution in [0.2, 0.25) is 0 Å². The van der Waals surface area contributed by atoms with Crippen LogP contribution in [0.15, 0.2) is 46.9 Å². The fourth-order valence-corrected chi connectivity index (χ4v) is 2.67. The van der Waals surface area contributed by atoms with E-state index in [0.29, 0.717) is 17.9 Å². The first-order valence-corrected chi connectivity index (χ1v) is 7.52. The highest BCUT2D eigenvalue weighted by Gasteiger charge is 2.23. The zero-order chi connectivity index (χ0) is 14.8. The van der Waals surface area contributed by atoms with Crippen molar-refractivity contribution in [1.29, 1.82) is 0 Å². The molecule has 0 aromatic heterocycles. The van der Waals surface area contributed by atoms with Gasteiger partial charge in [0.25, 0.3) is 5.91 Å². The van der Waals surface area contributed by atoms with Gasteiger partial charge in [0.1, 0.15) is 5.75 Å². The second-order valence-electron chi connectivity index (χ2n) is 4.94. The van der Waals surface area contributed by atoms with Crippen molar-refractivity contribution in [2.24, 2.45) is 0 Å². The molecule has 0 spiro atoms. The van der Waals surface area contributed by atoms with Gasteiger partial charge in [-0.15, -0.1) is 0 Å². The summed E-state index contributed by atoms with van der Waals surface area (Å²) in [6, 6.07) is 12.9. The Morgan fingerprint density at radius 2 is 2.10 bits per heavy atom. The van der Waals surface area contributed by atoms with Crippen LogP contribution in [0.25, 0.3) is 0 Å². The molecule has 0 fully saturated rings. The first-order chi connectivity index (χ1) is 10.1. The van der Waals surface area contributed by atoms with Crippen LogP contribution in [-0.4, -0.2) is 12.5 Å². The number of para-hydroxylation sites is 1. The lowest BCUT2D eigenvalue weighted by Gasteiger charge is -2.26. The maximum Gasteiger partial charge on any atom is 0.251 e. The van der Waals surface area contributed by atoms with Crippen LogP contribution >= 0.6 is 15.9 Å². The number of hydrogen-bond donors (Lipinski definition) is 2. The second-order valence-corrected chi connectivity index (χ2v) is 5.79. The molecule has 1 atom stereocenters. The van der Waals surface area contributed by atoms with Gasteiger partial charge >= 0.3 is 0 Å². The van der Waals surface area contributed by atoms with Gasteiger partial charge < -0.3 is 15.8 Å². The Labute approximate surface area is 131 Å². The molecule has 1 heterocycles. The summed E-state index contributed by atoms with van der Waals surface area (Å²) in [5.74, 6) is 0.709. The van der Waals surface area contributed by atoms with Gasteiger partial charge in [0.05, 0.1) is 12.6 Å². The summed E-state index contributed by atoms with van der Waals surface area (Å²) in [6.45, 7) is 0.602. The van der Waals surface area contributed by atoms with Gasteiger partial charge in [-0.1, -0.05) is 18.2 Å². The van der Waals surface area contributed by atoms with Crippen LogP contribution in [0.1, 0.15) is 28.4 Å². The Kier molecular flexibility index (Phi) is 3.84. The van der Waals surface area contributed by atoms with E-state index < -0.39 is 0 Å². The summed E-state index contributed by atoms with van der Waals surface area (Å²) in [6.07, 6.45) is 0.759. The van der Waals surface area contributed by atoms with Gasteiger partial charge in [-0.3, -0.25) is 4.79 Å². The molecular weight excluding hydrogens is 332 g/mol. The average molecular weight is 347 g/mol. The number of nitrogen functional groups attached to an aromatic ring is 1. The first kappa shape index (κ1) is 13.9. The van der Waals surface area contributed by atoms with Crippen molar-refractivity contribution in [1.82, 2.24) is 5.32 Å². The van der Waals surface area contributed by atoms with E-state index in [9.17, 15) is 4.79 Å². The highest BCUT2D eigenvalue weighted by Crippen LogP contribution is 2.31. The third kappa shape index (κ3) is 2.88. The molecule has 3 N–H and O–H groups in total. The van der Waals surface area contributed by atoms with E-state index in [1.165, 1.54) is 0 Å². The highest BCUT2D eigenvalue weighted by atomic mass is 79.9. The zero-order valence-electron chi connectivity index (χ0n) is 11.3. The Hall–Kier alpha value is -2.01. The van der Waals surface area contributed by atoms with E-state index >= 15 is 0 Å². The van der Waals surface area contributed by atoms with Gasteiger partial charge in [0.2, 0.25) is 0 Å². The van der Waals surface area contributed by atoms with Crippen molar-refractivity contribution in [3.63, 3.8) is 0 Å². The summed E-state index contributed by atoms with van der Waals surface area (Å²) in [5, 5.41) is 3.05. The number of amides is 1. The molecule has 2 aromatic carbocycles. The lowest BCUT2D eigenvalue weighted by atomic mass is 10.00. The molecule has 0 radical (unpaired) electrons. The number of hydrogen-bond acceptors (Lipinski definition) is 3. The van der Waals surface area contributed by atoms with Crippen molar-refractivity contribution in [2.45, 2.75) is 12.5 Å². The minimum atomic E-state index is -0.129. The molecule has 21 heavy (non-hydrogen) atoms.